The molecule has 148 valence electrons. The lowest BCUT2D eigenvalue weighted by molar-refractivity contribution is -0.119. The predicted molar refractivity (Wildman–Crippen MR) is 108 cm³/mol. The van der Waals surface area contributed by atoms with Gasteiger partial charge in [0.15, 0.2) is 0 Å². The molecule has 7 nitrogen and oxygen atoms in total. The minimum absolute atomic E-state index is 0.0482. The van der Waals surface area contributed by atoms with Crippen LogP contribution in [0.3, 0.4) is 0 Å². The van der Waals surface area contributed by atoms with Gasteiger partial charge >= 0.3 is 6.09 Å². The van der Waals surface area contributed by atoms with Crippen LogP contribution in [0, 0.1) is 5.92 Å². The number of hydrogen-bond donors (Lipinski definition) is 3. The molecule has 0 bridgehead atoms. The number of nitrogens with one attached hydrogen (secondary N) is 3. The van der Waals surface area contributed by atoms with Gasteiger partial charge in [-0.15, -0.1) is 0 Å². The van der Waals surface area contributed by atoms with Crippen LogP contribution in [0.2, 0.25) is 0 Å². The Labute approximate surface area is 164 Å². The minimum atomic E-state index is -0.675. The highest BCUT2D eigenvalue weighted by Crippen LogP contribution is 2.16. The summed E-state index contributed by atoms with van der Waals surface area (Å²) in [6.07, 6.45) is 0.159. The lowest BCUT2D eigenvalue weighted by Crippen LogP contribution is -2.47. The zero-order chi connectivity index (χ0) is 20.5. The first kappa shape index (κ1) is 21.0. The summed E-state index contributed by atoms with van der Waals surface area (Å²) in [5, 5.41) is 8.17. The first-order chi connectivity index (χ1) is 13.4. The molecule has 3 amide bonds. The van der Waals surface area contributed by atoms with E-state index in [0.717, 1.165) is 6.42 Å². The van der Waals surface area contributed by atoms with Crippen LogP contribution in [0.4, 0.5) is 16.2 Å². The molecule has 28 heavy (non-hydrogen) atoms. The Hall–Kier alpha value is -3.35. The van der Waals surface area contributed by atoms with Crippen molar-refractivity contribution in [1.29, 1.82) is 0 Å². The number of ether oxygens (including phenoxy) is 1. The van der Waals surface area contributed by atoms with Crippen molar-refractivity contribution in [2.75, 3.05) is 17.7 Å². The molecule has 0 radical (unpaired) electrons. The molecule has 0 aliphatic carbocycles. The van der Waals surface area contributed by atoms with E-state index in [1.807, 2.05) is 19.9 Å². The number of hydrogen-bond acceptors (Lipinski definition) is 4. The first-order valence-electron chi connectivity index (χ1n) is 9.06. The summed E-state index contributed by atoms with van der Waals surface area (Å²) < 4.78 is 4.53. The van der Waals surface area contributed by atoms with E-state index in [0.29, 0.717) is 16.9 Å². The Kier molecular flexibility index (Phi) is 7.56. The van der Waals surface area contributed by atoms with Crippen molar-refractivity contribution in [3.8, 4) is 0 Å². The minimum Gasteiger partial charge on any atom is -0.453 e. The van der Waals surface area contributed by atoms with Gasteiger partial charge in [0.05, 0.1) is 7.11 Å². The van der Waals surface area contributed by atoms with Gasteiger partial charge in [0.1, 0.15) is 6.04 Å². The Bertz CT molecular complexity index is 806. The summed E-state index contributed by atoms with van der Waals surface area (Å²) in [5.41, 5.74) is 1.60. The second-order valence-corrected chi connectivity index (χ2v) is 6.39. The van der Waals surface area contributed by atoms with Gasteiger partial charge in [0, 0.05) is 16.9 Å². The smallest absolute Gasteiger partial charge is 0.411 e. The van der Waals surface area contributed by atoms with Gasteiger partial charge < -0.3 is 15.4 Å². The molecule has 0 saturated heterocycles. The van der Waals surface area contributed by atoms with Crippen LogP contribution in [0.25, 0.3) is 0 Å². The maximum Gasteiger partial charge on any atom is 0.411 e. The molecule has 0 aliphatic rings. The lowest BCUT2D eigenvalue weighted by Gasteiger charge is -2.23. The van der Waals surface area contributed by atoms with E-state index in [2.05, 4.69) is 20.7 Å². The molecule has 2 unspecified atom stereocenters. The molecule has 0 aliphatic heterocycles. The van der Waals surface area contributed by atoms with Crippen molar-refractivity contribution in [3.63, 3.8) is 0 Å². The molecule has 0 heterocycles. The Morgan fingerprint density at radius 1 is 0.929 bits per heavy atom. The van der Waals surface area contributed by atoms with Crippen LogP contribution in [-0.4, -0.2) is 31.1 Å². The van der Waals surface area contributed by atoms with E-state index < -0.39 is 12.1 Å². The monoisotopic (exact) mass is 383 g/mol. The van der Waals surface area contributed by atoms with E-state index >= 15 is 0 Å². The molecule has 2 atom stereocenters. The van der Waals surface area contributed by atoms with Crippen LogP contribution < -0.4 is 16.0 Å². The number of carbonyl (C=O) groups excluding carboxylic acids is 3. The van der Waals surface area contributed by atoms with Crippen molar-refractivity contribution in [2.45, 2.75) is 26.3 Å². The van der Waals surface area contributed by atoms with Crippen LogP contribution in [0.1, 0.15) is 30.6 Å². The van der Waals surface area contributed by atoms with Crippen molar-refractivity contribution in [2.24, 2.45) is 5.92 Å². The number of anilines is 2. The molecular formula is C21H25N3O4. The number of benzene rings is 2. The summed E-state index contributed by atoms with van der Waals surface area (Å²) >= 11 is 0. The average molecular weight is 383 g/mol. The summed E-state index contributed by atoms with van der Waals surface area (Å²) in [7, 11) is 1.28. The summed E-state index contributed by atoms with van der Waals surface area (Å²) in [6.45, 7) is 3.88. The molecule has 0 fully saturated rings. The van der Waals surface area contributed by atoms with Crippen molar-refractivity contribution in [3.05, 3.63) is 60.2 Å². The molecular weight excluding hydrogens is 358 g/mol. The average Bonchev–Trinajstić information content (AvgIpc) is 2.73. The maximum absolute atomic E-state index is 12.8. The molecule has 2 aromatic carbocycles. The third kappa shape index (κ3) is 5.84. The molecule has 2 rings (SSSR count). The van der Waals surface area contributed by atoms with E-state index in [1.165, 1.54) is 7.11 Å². The van der Waals surface area contributed by atoms with Crippen LogP contribution >= 0.6 is 0 Å². The third-order valence-electron chi connectivity index (χ3n) is 4.40. The van der Waals surface area contributed by atoms with Gasteiger partial charge in [-0.1, -0.05) is 38.5 Å². The molecule has 7 heteroatoms. The lowest BCUT2D eigenvalue weighted by atomic mass is 9.97. The van der Waals surface area contributed by atoms with E-state index in [9.17, 15) is 14.4 Å². The molecule has 0 saturated carbocycles. The quantitative estimate of drug-likeness (QED) is 0.680. The SMILES string of the molecule is CCC(C)C(NC(=O)c1ccccc1)C(=O)Nc1ccc(NC(=O)OC)cc1. The molecule has 3 N–H and O–H groups in total. The van der Waals surface area contributed by atoms with Gasteiger partial charge in [0.25, 0.3) is 5.91 Å². The fraction of sp³-hybridized carbons (Fsp3) is 0.286. The van der Waals surface area contributed by atoms with Crippen LogP contribution in [0.5, 0.6) is 0 Å². The van der Waals surface area contributed by atoms with Gasteiger partial charge in [0.2, 0.25) is 5.91 Å². The van der Waals surface area contributed by atoms with Crippen molar-refractivity contribution >= 4 is 29.3 Å². The maximum atomic E-state index is 12.8. The number of carbonyl (C=O) groups is 3. The largest absolute Gasteiger partial charge is 0.453 e. The second kappa shape index (κ2) is 10.1. The zero-order valence-electron chi connectivity index (χ0n) is 16.2. The molecule has 0 spiro atoms. The van der Waals surface area contributed by atoms with Crippen molar-refractivity contribution < 1.29 is 19.1 Å². The van der Waals surface area contributed by atoms with Crippen LogP contribution in [0.15, 0.2) is 54.6 Å². The fourth-order valence-electron chi connectivity index (χ4n) is 2.54. The number of amides is 3. The van der Waals surface area contributed by atoms with Crippen molar-refractivity contribution in [1.82, 2.24) is 5.32 Å². The van der Waals surface area contributed by atoms with E-state index in [4.69, 9.17) is 0 Å². The molecule has 2 aromatic rings. The number of methoxy groups -OCH3 is 1. The molecule has 0 aromatic heterocycles. The predicted octanol–water partition coefficient (Wildman–Crippen LogP) is 3.65. The van der Waals surface area contributed by atoms with E-state index in [-0.39, 0.29) is 17.7 Å². The third-order valence-corrected chi connectivity index (χ3v) is 4.40. The normalized spacial score (nSPS) is 12.4. The van der Waals surface area contributed by atoms with Gasteiger partial charge in [-0.05, 0) is 42.3 Å². The van der Waals surface area contributed by atoms with Gasteiger partial charge in [-0.25, -0.2) is 4.79 Å². The summed E-state index contributed by atoms with van der Waals surface area (Å²) in [6, 6.07) is 14.7. The standard InChI is InChI=1S/C21H25N3O4/c1-4-14(2)18(24-19(25)15-8-6-5-7-9-15)20(26)22-16-10-12-17(13-11-16)23-21(27)28-3/h5-14,18H,4H2,1-3H3,(H,22,26)(H,23,27)(H,24,25). The van der Waals surface area contributed by atoms with Crippen LogP contribution in [-0.2, 0) is 9.53 Å². The Balaban J connectivity index is 2.06. The van der Waals surface area contributed by atoms with E-state index in [1.54, 1.807) is 48.5 Å². The Morgan fingerprint density at radius 2 is 1.50 bits per heavy atom. The second-order valence-electron chi connectivity index (χ2n) is 6.39. The highest BCUT2D eigenvalue weighted by molar-refractivity contribution is 6.01. The zero-order valence-corrected chi connectivity index (χ0v) is 16.2. The highest BCUT2D eigenvalue weighted by atomic mass is 16.5. The topological polar surface area (TPSA) is 96.5 Å². The fourth-order valence-corrected chi connectivity index (χ4v) is 2.54. The Morgan fingerprint density at radius 3 is 2.04 bits per heavy atom. The first-order valence-corrected chi connectivity index (χ1v) is 9.06. The van der Waals surface area contributed by atoms with Gasteiger partial charge in [-0.2, -0.15) is 0 Å². The number of rotatable bonds is 7. The van der Waals surface area contributed by atoms with Gasteiger partial charge in [-0.3, -0.25) is 14.9 Å². The summed E-state index contributed by atoms with van der Waals surface area (Å²) in [5.74, 6) is -0.640. The highest BCUT2D eigenvalue weighted by Gasteiger charge is 2.26. The summed E-state index contributed by atoms with van der Waals surface area (Å²) in [4.78, 5) is 36.5.